The van der Waals surface area contributed by atoms with E-state index >= 15 is 0 Å². The number of nitrogens with two attached hydrogens (primary N) is 1. The van der Waals surface area contributed by atoms with Crippen molar-refractivity contribution in [3.05, 3.63) is 34.1 Å². The summed E-state index contributed by atoms with van der Waals surface area (Å²) >= 11 is 3.16. The smallest absolute Gasteiger partial charge is 0.137 e. The Bertz CT molecular complexity index is 368. The molecule has 2 N–H and O–H groups in total. The van der Waals surface area contributed by atoms with Crippen molar-refractivity contribution in [3.63, 3.8) is 0 Å². The van der Waals surface area contributed by atoms with Crippen LogP contribution in [-0.2, 0) is 11.2 Å². The third-order valence-electron chi connectivity index (χ3n) is 2.86. The molecule has 1 aromatic rings. The van der Waals surface area contributed by atoms with Gasteiger partial charge in [0.1, 0.15) is 5.82 Å². The first kappa shape index (κ1) is 13.6. The Morgan fingerprint density at radius 1 is 1.50 bits per heavy atom. The first-order valence-electron chi connectivity index (χ1n) is 5.11. The minimum Gasteiger partial charge on any atom is -0.377 e. The molecule has 4 heteroatoms. The van der Waals surface area contributed by atoms with Crippen molar-refractivity contribution in [2.24, 2.45) is 5.73 Å². The van der Waals surface area contributed by atoms with Gasteiger partial charge in [-0.15, -0.1) is 0 Å². The van der Waals surface area contributed by atoms with Gasteiger partial charge < -0.3 is 10.5 Å². The number of methoxy groups -OCH3 is 1. The highest BCUT2D eigenvalue weighted by Crippen LogP contribution is 2.20. The van der Waals surface area contributed by atoms with Gasteiger partial charge in [-0.3, -0.25) is 0 Å². The van der Waals surface area contributed by atoms with Crippen molar-refractivity contribution in [1.82, 2.24) is 0 Å². The highest BCUT2D eigenvalue weighted by Gasteiger charge is 2.25. The lowest BCUT2D eigenvalue weighted by Crippen LogP contribution is -2.46. The molecule has 0 fully saturated rings. The Labute approximate surface area is 104 Å². The van der Waals surface area contributed by atoms with Gasteiger partial charge in [-0.1, -0.05) is 6.07 Å². The van der Waals surface area contributed by atoms with Crippen molar-refractivity contribution < 1.29 is 9.13 Å². The van der Waals surface area contributed by atoms with Gasteiger partial charge in [0, 0.05) is 13.2 Å². The molecule has 1 unspecified atom stereocenters. The van der Waals surface area contributed by atoms with Crippen LogP contribution >= 0.6 is 15.9 Å². The quantitative estimate of drug-likeness (QED) is 0.925. The van der Waals surface area contributed by atoms with Crippen molar-refractivity contribution in [2.75, 3.05) is 7.11 Å². The zero-order valence-corrected chi connectivity index (χ0v) is 11.3. The van der Waals surface area contributed by atoms with Crippen LogP contribution in [0.4, 0.5) is 4.39 Å². The number of benzene rings is 1. The van der Waals surface area contributed by atoms with E-state index in [2.05, 4.69) is 15.9 Å². The summed E-state index contributed by atoms with van der Waals surface area (Å²) in [5.41, 5.74) is 6.65. The van der Waals surface area contributed by atoms with Crippen LogP contribution in [0.2, 0.25) is 0 Å². The summed E-state index contributed by atoms with van der Waals surface area (Å²) in [7, 11) is 1.64. The normalized spacial score (nSPS) is 13.9. The van der Waals surface area contributed by atoms with E-state index in [-0.39, 0.29) is 17.5 Å². The molecule has 0 aliphatic heterocycles. The molecule has 0 bridgehead atoms. The Hall–Kier alpha value is -0.450. The Balaban J connectivity index is 2.77. The second-order valence-electron chi connectivity index (χ2n) is 4.37. The van der Waals surface area contributed by atoms with Crippen LogP contribution < -0.4 is 5.73 Å². The van der Waals surface area contributed by atoms with Crippen molar-refractivity contribution in [2.45, 2.75) is 31.9 Å². The highest BCUT2D eigenvalue weighted by atomic mass is 79.9. The van der Waals surface area contributed by atoms with Crippen LogP contribution in [0.1, 0.15) is 19.4 Å². The SMILES string of the molecule is COC(C)(C)C(N)Cc1ccc(F)c(Br)c1. The first-order chi connectivity index (χ1) is 7.36. The lowest BCUT2D eigenvalue weighted by atomic mass is 9.93. The van der Waals surface area contributed by atoms with Gasteiger partial charge in [-0.25, -0.2) is 4.39 Å². The molecule has 0 saturated carbocycles. The maximum Gasteiger partial charge on any atom is 0.137 e. The zero-order valence-electron chi connectivity index (χ0n) is 9.76. The van der Waals surface area contributed by atoms with Crippen LogP contribution in [0.5, 0.6) is 0 Å². The van der Waals surface area contributed by atoms with E-state index < -0.39 is 0 Å². The van der Waals surface area contributed by atoms with Crippen molar-refractivity contribution in [1.29, 1.82) is 0 Å². The average molecular weight is 290 g/mol. The molecule has 90 valence electrons. The molecule has 0 saturated heterocycles. The summed E-state index contributed by atoms with van der Waals surface area (Å²) in [4.78, 5) is 0. The standard InChI is InChI=1S/C12H17BrFNO/c1-12(2,16-3)11(15)7-8-4-5-10(14)9(13)6-8/h4-6,11H,7,15H2,1-3H3. The molecule has 0 aliphatic rings. The van der Waals surface area contributed by atoms with E-state index in [1.165, 1.54) is 6.07 Å². The predicted octanol–water partition coefficient (Wildman–Crippen LogP) is 2.88. The second-order valence-corrected chi connectivity index (χ2v) is 5.22. The Kier molecular flexibility index (Phi) is 4.47. The van der Waals surface area contributed by atoms with Crippen LogP contribution in [0.25, 0.3) is 0 Å². The second kappa shape index (κ2) is 5.25. The molecule has 0 heterocycles. The number of rotatable bonds is 4. The molecule has 0 spiro atoms. The molecule has 1 rings (SSSR count). The topological polar surface area (TPSA) is 35.2 Å². The molecular weight excluding hydrogens is 273 g/mol. The Morgan fingerprint density at radius 3 is 2.62 bits per heavy atom. The van der Waals surface area contributed by atoms with Gasteiger partial charge in [0.15, 0.2) is 0 Å². The largest absolute Gasteiger partial charge is 0.377 e. The lowest BCUT2D eigenvalue weighted by Gasteiger charge is -2.30. The molecule has 0 radical (unpaired) electrons. The van der Waals surface area contributed by atoms with E-state index in [4.69, 9.17) is 10.5 Å². The molecule has 0 aromatic heterocycles. The summed E-state index contributed by atoms with van der Waals surface area (Å²) < 4.78 is 18.8. The van der Waals surface area contributed by atoms with E-state index in [0.29, 0.717) is 10.9 Å². The molecule has 2 nitrogen and oxygen atoms in total. The molecular formula is C12H17BrFNO. The fourth-order valence-corrected chi connectivity index (χ4v) is 1.74. The number of halogens is 2. The maximum atomic E-state index is 13.0. The van der Waals surface area contributed by atoms with Gasteiger partial charge in [0.05, 0.1) is 10.1 Å². The summed E-state index contributed by atoms with van der Waals surface area (Å²) in [5.74, 6) is -0.261. The third-order valence-corrected chi connectivity index (χ3v) is 3.47. The number of ether oxygens (including phenoxy) is 1. The van der Waals surface area contributed by atoms with Crippen LogP contribution in [0.3, 0.4) is 0 Å². The van der Waals surface area contributed by atoms with Crippen molar-refractivity contribution >= 4 is 15.9 Å². The van der Waals surface area contributed by atoms with Gasteiger partial charge in [-0.2, -0.15) is 0 Å². The summed E-state index contributed by atoms with van der Waals surface area (Å²) in [6, 6.07) is 4.80. The van der Waals surface area contributed by atoms with Crippen LogP contribution in [-0.4, -0.2) is 18.8 Å². The minimum atomic E-state index is -0.388. The monoisotopic (exact) mass is 289 g/mol. The summed E-state index contributed by atoms with van der Waals surface area (Å²) in [6.07, 6.45) is 0.652. The van der Waals surface area contributed by atoms with Gasteiger partial charge in [0.2, 0.25) is 0 Å². The third kappa shape index (κ3) is 3.27. The molecule has 16 heavy (non-hydrogen) atoms. The van der Waals surface area contributed by atoms with Gasteiger partial charge >= 0.3 is 0 Å². The number of hydrogen-bond acceptors (Lipinski definition) is 2. The fourth-order valence-electron chi connectivity index (χ4n) is 1.32. The zero-order chi connectivity index (χ0) is 12.3. The summed E-state index contributed by atoms with van der Waals surface area (Å²) in [6.45, 7) is 3.88. The van der Waals surface area contributed by atoms with E-state index in [9.17, 15) is 4.39 Å². The first-order valence-corrected chi connectivity index (χ1v) is 5.91. The number of hydrogen-bond donors (Lipinski definition) is 1. The van der Waals surface area contributed by atoms with E-state index in [1.54, 1.807) is 19.2 Å². The summed E-state index contributed by atoms with van der Waals surface area (Å²) in [5, 5.41) is 0. The molecule has 0 amide bonds. The highest BCUT2D eigenvalue weighted by molar-refractivity contribution is 9.10. The Morgan fingerprint density at radius 2 is 2.12 bits per heavy atom. The maximum absolute atomic E-state index is 13.0. The van der Waals surface area contributed by atoms with E-state index in [0.717, 1.165) is 5.56 Å². The van der Waals surface area contributed by atoms with Gasteiger partial charge in [-0.05, 0) is 53.9 Å². The lowest BCUT2D eigenvalue weighted by molar-refractivity contribution is 0.000801. The van der Waals surface area contributed by atoms with Gasteiger partial charge in [0.25, 0.3) is 0 Å². The molecule has 1 aromatic carbocycles. The van der Waals surface area contributed by atoms with Crippen LogP contribution in [0.15, 0.2) is 22.7 Å². The van der Waals surface area contributed by atoms with Crippen molar-refractivity contribution in [3.8, 4) is 0 Å². The molecule has 1 atom stereocenters. The van der Waals surface area contributed by atoms with Crippen LogP contribution in [0, 0.1) is 5.82 Å². The molecule has 0 aliphatic carbocycles. The average Bonchev–Trinajstić information content (AvgIpc) is 2.23. The predicted molar refractivity (Wildman–Crippen MR) is 66.9 cm³/mol. The minimum absolute atomic E-state index is 0.130. The van der Waals surface area contributed by atoms with E-state index in [1.807, 2.05) is 13.8 Å². The fraction of sp³-hybridized carbons (Fsp3) is 0.500.